The van der Waals surface area contributed by atoms with Gasteiger partial charge in [-0.1, -0.05) is 18.2 Å². The second-order valence-corrected chi connectivity index (χ2v) is 6.14. The number of aryl methyl sites for hydroxylation is 1. The Bertz CT molecular complexity index is 638. The molecule has 1 aromatic carbocycles. The normalized spacial score (nSPS) is 18.5. The van der Waals surface area contributed by atoms with Crippen LogP contribution >= 0.6 is 11.3 Å². The van der Waals surface area contributed by atoms with Crippen LogP contribution in [0.1, 0.15) is 28.0 Å². The monoisotopic (exact) mass is 287 g/mol. The van der Waals surface area contributed by atoms with E-state index in [4.69, 9.17) is 0 Å². The molecule has 0 aliphatic carbocycles. The van der Waals surface area contributed by atoms with E-state index < -0.39 is 0 Å². The molecule has 3 rings (SSSR count). The summed E-state index contributed by atoms with van der Waals surface area (Å²) in [6.45, 7) is 5.46. The van der Waals surface area contributed by atoms with Gasteiger partial charge in [0.05, 0.1) is 5.01 Å². The third-order valence-electron chi connectivity index (χ3n) is 3.46. The van der Waals surface area contributed by atoms with Gasteiger partial charge in [0.1, 0.15) is 5.69 Å². The van der Waals surface area contributed by atoms with Gasteiger partial charge in [0.2, 0.25) is 0 Å². The highest BCUT2D eigenvalue weighted by molar-refractivity contribution is 7.09. The highest BCUT2D eigenvalue weighted by atomic mass is 32.1. The minimum absolute atomic E-state index is 0.0163. The van der Waals surface area contributed by atoms with Crippen molar-refractivity contribution in [1.82, 2.24) is 10.3 Å². The van der Waals surface area contributed by atoms with E-state index in [0.717, 1.165) is 22.8 Å². The highest BCUT2D eigenvalue weighted by Crippen LogP contribution is 2.25. The van der Waals surface area contributed by atoms with Gasteiger partial charge >= 0.3 is 0 Å². The van der Waals surface area contributed by atoms with Crippen LogP contribution in [-0.4, -0.2) is 23.5 Å². The van der Waals surface area contributed by atoms with Crippen molar-refractivity contribution in [1.29, 1.82) is 0 Å². The maximum Gasteiger partial charge on any atom is 0.277 e. The fourth-order valence-corrected chi connectivity index (χ4v) is 3.02. The number of aromatic nitrogens is 1. The average molecular weight is 287 g/mol. The minimum Gasteiger partial charge on any atom is -0.308 e. The Morgan fingerprint density at radius 2 is 2.25 bits per heavy atom. The number of thiazole rings is 1. The summed E-state index contributed by atoms with van der Waals surface area (Å²) in [7, 11) is 0. The Kier molecular flexibility index (Phi) is 3.54. The van der Waals surface area contributed by atoms with E-state index in [1.807, 2.05) is 35.4 Å². The van der Waals surface area contributed by atoms with Gasteiger partial charge in [0.25, 0.3) is 5.91 Å². The van der Waals surface area contributed by atoms with E-state index in [1.54, 1.807) is 0 Å². The Labute approximate surface area is 122 Å². The van der Waals surface area contributed by atoms with Crippen LogP contribution in [0.4, 0.5) is 5.69 Å². The molecule has 2 heterocycles. The molecular formula is C15H17N3OS. The molecule has 0 bridgehead atoms. The van der Waals surface area contributed by atoms with Crippen LogP contribution in [0.15, 0.2) is 29.6 Å². The molecule has 1 aliphatic heterocycles. The lowest BCUT2D eigenvalue weighted by atomic mass is 10.1. The van der Waals surface area contributed by atoms with E-state index in [9.17, 15) is 4.79 Å². The summed E-state index contributed by atoms with van der Waals surface area (Å²) in [4.78, 5) is 18.9. The molecule has 0 spiro atoms. The minimum atomic E-state index is -0.0163. The predicted octanol–water partition coefficient (Wildman–Crippen LogP) is 2.59. The van der Waals surface area contributed by atoms with Crippen molar-refractivity contribution in [3.63, 3.8) is 0 Å². The molecule has 20 heavy (non-hydrogen) atoms. The standard InChI is InChI=1S/C15H17N3OS/c1-10-8-18(15(19)13-9-20-11(2)17-13)14-6-4-3-5-12(14)7-16-10/h3-6,9-10,16H,7-8H2,1-2H3. The molecule has 2 aromatic rings. The van der Waals surface area contributed by atoms with Crippen molar-refractivity contribution in [2.75, 3.05) is 11.4 Å². The second kappa shape index (κ2) is 5.34. The van der Waals surface area contributed by atoms with Gasteiger partial charge in [-0.3, -0.25) is 4.79 Å². The first-order chi connectivity index (χ1) is 9.65. The molecule has 1 amide bonds. The lowest BCUT2D eigenvalue weighted by Crippen LogP contribution is -2.39. The molecule has 4 nitrogen and oxygen atoms in total. The molecule has 1 atom stereocenters. The summed E-state index contributed by atoms with van der Waals surface area (Å²) in [6, 6.07) is 8.30. The van der Waals surface area contributed by atoms with Crippen molar-refractivity contribution in [3.05, 3.63) is 45.9 Å². The van der Waals surface area contributed by atoms with Crippen molar-refractivity contribution in [2.45, 2.75) is 26.4 Å². The van der Waals surface area contributed by atoms with Crippen LogP contribution in [-0.2, 0) is 6.54 Å². The Morgan fingerprint density at radius 3 is 3.00 bits per heavy atom. The Morgan fingerprint density at radius 1 is 1.45 bits per heavy atom. The number of para-hydroxylation sites is 1. The quantitative estimate of drug-likeness (QED) is 0.877. The van der Waals surface area contributed by atoms with Crippen molar-refractivity contribution in [2.24, 2.45) is 0 Å². The van der Waals surface area contributed by atoms with Gasteiger partial charge < -0.3 is 10.2 Å². The zero-order valence-electron chi connectivity index (χ0n) is 11.6. The number of hydrogen-bond acceptors (Lipinski definition) is 4. The van der Waals surface area contributed by atoms with Gasteiger partial charge in [0.15, 0.2) is 0 Å². The average Bonchev–Trinajstić information content (AvgIpc) is 2.81. The maximum atomic E-state index is 12.7. The number of nitrogens with one attached hydrogen (secondary N) is 1. The number of benzene rings is 1. The number of nitrogens with zero attached hydrogens (tertiary/aromatic N) is 2. The van der Waals surface area contributed by atoms with Crippen LogP contribution in [0.25, 0.3) is 0 Å². The molecule has 1 unspecified atom stereocenters. The SMILES string of the molecule is Cc1nc(C(=O)N2CC(C)NCc3ccccc32)cs1. The number of anilines is 1. The molecule has 1 aliphatic rings. The third-order valence-corrected chi connectivity index (χ3v) is 4.24. The number of amides is 1. The molecule has 0 saturated heterocycles. The number of hydrogen-bond donors (Lipinski definition) is 1. The van der Waals surface area contributed by atoms with Gasteiger partial charge in [0, 0.05) is 30.2 Å². The zero-order valence-corrected chi connectivity index (χ0v) is 12.4. The molecule has 104 valence electrons. The summed E-state index contributed by atoms with van der Waals surface area (Å²) in [6.07, 6.45) is 0. The summed E-state index contributed by atoms with van der Waals surface area (Å²) in [5.41, 5.74) is 2.67. The fraction of sp³-hybridized carbons (Fsp3) is 0.333. The molecular weight excluding hydrogens is 270 g/mol. The van der Waals surface area contributed by atoms with Gasteiger partial charge in [-0.15, -0.1) is 11.3 Å². The second-order valence-electron chi connectivity index (χ2n) is 5.08. The number of rotatable bonds is 1. The molecule has 5 heteroatoms. The highest BCUT2D eigenvalue weighted by Gasteiger charge is 2.26. The third kappa shape index (κ3) is 2.46. The summed E-state index contributed by atoms with van der Waals surface area (Å²) < 4.78 is 0. The van der Waals surface area contributed by atoms with E-state index in [1.165, 1.54) is 11.3 Å². The lowest BCUT2D eigenvalue weighted by Gasteiger charge is -2.23. The number of fused-ring (bicyclic) bond motifs is 1. The van der Waals surface area contributed by atoms with Crippen molar-refractivity contribution in [3.8, 4) is 0 Å². The van der Waals surface area contributed by atoms with Crippen LogP contribution in [0.5, 0.6) is 0 Å². The van der Waals surface area contributed by atoms with Crippen LogP contribution in [0, 0.1) is 6.92 Å². The molecule has 0 radical (unpaired) electrons. The summed E-state index contributed by atoms with van der Waals surface area (Å²) in [5.74, 6) is -0.0163. The van der Waals surface area contributed by atoms with Gasteiger partial charge in [-0.2, -0.15) is 0 Å². The van der Waals surface area contributed by atoms with E-state index >= 15 is 0 Å². The summed E-state index contributed by atoms with van der Waals surface area (Å²) in [5, 5.41) is 6.19. The van der Waals surface area contributed by atoms with E-state index in [2.05, 4.69) is 23.3 Å². The zero-order chi connectivity index (χ0) is 14.1. The number of carbonyl (C=O) groups is 1. The van der Waals surface area contributed by atoms with Crippen LogP contribution < -0.4 is 10.2 Å². The predicted molar refractivity (Wildman–Crippen MR) is 81.3 cm³/mol. The van der Waals surface area contributed by atoms with Gasteiger partial charge in [-0.25, -0.2) is 4.98 Å². The molecule has 0 saturated carbocycles. The fourth-order valence-electron chi connectivity index (χ4n) is 2.44. The van der Waals surface area contributed by atoms with Crippen LogP contribution in [0.2, 0.25) is 0 Å². The summed E-state index contributed by atoms with van der Waals surface area (Å²) >= 11 is 1.51. The first-order valence-electron chi connectivity index (χ1n) is 6.70. The van der Waals surface area contributed by atoms with Crippen molar-refractivity contribution < 1.29 is 4.79 Å². The Balaban J connectivity index is 2.00. The largest absolute Gasteiger partial charge is 0.308 e. The lowest BCUT2D eigenvalue weighted by molar-refractivity contribution is 0.0981. The molecule has 1 aromatic heterocycles. The number of carbonyl (C=O) groups excluding carboxylic acids is 1. The maximum absolute atomic E-state index is 12.7. The molecule has 0 fully saturated rings. The van der Waals surface area contributed by atoms with E-state index in [0.29, 0.717) is 12.2 Å². The van der Waals surface area contributed by atoms with Crippen molar-refractivity contribution >= 4 is 22.9 Å². The van der Waals surface area contributed by atoms with Crippen LogP contribution in [0.3, 0.4) is 0 Å². The Hall–Kier alpha value is -1.72. The first-order valence-corrected chi connectivity index (χ1v) is 7.58. The van der Waals surface area contributed by atoms with E-state index in [-0.39, 0.29) is 11.9 Å². The van der Waals surface area contributed by atoms with Gasteiger partial charge in [-0.05, 0) is 25.5 Å². The smallest absolute Gasteiger partial charge is 0.277 e. The topological polar surface area (TPSA) is 45.2 Å². The first kappa shape index (κ1) is 13.3. The molecule has 1 N–H and O–H groups in total.